The van der Waals surface area contributed by atoms with E-state index in [0.29, 0.717) is 5.58 Å². The number of hydrogen-bond donors (Lipinski definition) is 2. The second-order valence-corrected chi connectivity index (χ2v) is 5.31. The first-order valence-corrected chi connectivity index (χ1v) is 6.74. The van der Waals surface area contributed by atoms with Crippen molar-refractivity contribution < 1.29 is 4.42 Å². The molecule has 1 aliphatic carbocycles. The fourth-order valence-corrected chi connectivity index (χ4v) is 2.24. The average molecular weight is 261 g/mol. The van der Waals surface area contributed by atoms with Crippen LogP contribution in [0.2, 0.25) is 0 Å². The zero-order chi connectivity index (χ0) is 13.2. The fraction of sp³-hybridized carbons (Fsp3) is 0.500. The molecule has 0 bridgehead atoms. The van der Waals surface area contributed by atoms with Crippen molar-refractivity contribution in [3.63, 3.8) is 0 Å². The number of fused-ring (bicyclic) bond motifs is 1. The molecule has 0 amide bonds. The van der Waals surface area contributed by atoms with Crippen molar-refractivity contribution in [3.05, 3.63) is 34.3 Å². The lowest BCUT2D eigenvalue weighted by Gasteiger charge is -2.16. The van der Waals surface area contributed by atoms with Crippen LogP contribution in [0.25, 0.3) is 11.1 Å². The van der Waals surface area contributed by atoms with Gasteiger partial charge in [-0.3, -0.25) is 4.98 Å². The summed E-state index contributed by atoms with van der Waals surface area (Å²) in [5.74, 6) is -0.394. The molecule has 102 valence electrons. The Morgan fingerprint density at radius 2 is 2.32 bits per heavy atom. The normalized spacial score (nSPS) is 15.5. The number of benzene rings is 1. The molecule has 0 unspecified atom stereocenters. The Morgan fingerprint density at radius 3 is 3.11 bits per heavy atom. The Bertz CT molecular complexity index is 612. The Hall–Kier alpha value is -1.59. The first-order chi connectivity index (χ1) is 9.20. The summed E-state index contributed by atoms with van der Waals surface area (Å²) in [6.45, 7) is 2.93. The molecule has 2 N–H and O–H groups in total. The predicted octanol–water partition coefficient (Wildman–Crippen LogP) is 1.30. The summed E-state index contributed by atoms with van der Waals surface area (Å²) < 4.78 is 4.99. The number of nitrogens with one attached hydrogen (secondary N) is 2. The zero-order valence-corrected chi connectivity index (χ0v) is 11.1. The van der Waals surface area contributed by atoms with Gasteiger partial charge >= 0.3 is 5.76 Å². The maximum absolute atomic E-state index is 11.1. The molecule has 0 radical (unpaired) electrons. The summed E-state index contributed by atoms with van der Waals surface area (Å²) in [6, 6.07) is 6.59. The van der Waals surface area contributed by atoms with E-state index < -0.39 is 5.76 Å². The highest BCUT2D eigenvalue weighted by atomic mass is 16.4. The van der Waals surface area contributed by atoms with Crippen molar-refractivity contribution in [1.29, 1.82) is 0 Å². The van der Waals surface area contributed by atoms with Gasteiger partial charge in [0, 0.05) is 25.7 Å². The van der Waals surface area contributed by atoms with E-state index in [1.165, 1.54) is 18.4 Å². The van der Waals surface area contributed by atoms with Crippen molar-refractivity contribution >= 4 is 11.1 Å². The number of nitrogens with zero attached hydrogens (tertiary/aromatic N) is 1. The first-order valence-electron chi connectivity index (χ1n) is 6.74. The highest BCUT2D eigenvalue weighted by Gasteiger charge is 2.19. The van der Waals surface area contributed by atoms with Crippen LogP contribution in [0, 0.1) is 0 Å². The predicted molar refractivity (Wildman–Crippen MR) is 74.2 cm³/mol. The summed E-state index contributed by atoms with van der Waals surface area (Å²) in [5, 5.41) is 3.50. The molecule has 5 nitrogen and oxygen atoms in total. The third-order valence-corrected chi connectivity index (χ3v) is 3.44. The molecule has 1 saturated carbocycles. The molecule has 0 spiro atoms. The van der Waals surface area contributed by atoms with E-state index in [1.807, 2.05) is 18.2 Å². The minimum atomic E-state index is -0.394. The number of hydrogen-bond acceptors (Lipinski definition) is 4. The van der Waals surface area contributed by atoms with Gasteiger partial charge in [-0.1, -0.05) is 6.07 Å². The Balaban J connectivity index is 1.58. The Morgan fingerprint density at radius 1 is 1.47 bits per heavy atom. The van der Waals surface area contributed by atoms with Crippen LogP contribution in [0.5, 0.6) is 0 Å². The van der Waals surface area contributed by atoms with Gasteiger partial charge in [0.25, 0.3) is 0 Å². The molecule has 1 aromatic heterocycles. The molecule has 2 aromatic rings. The van der Waals surface area contributed by atoms with Crippen LogP contribution in [0.4, 0.5) is 0 Å². The van der Waals surface area contributed by atoms with Crippen LogP contribution >= 0.6 is 0 Å². The van der Waals surface area contributed by atoms with Gasteiger partial charge in [0.05, 0.1) is 5.52 Å². The van der Waals surface area contributed by atoms with E-state index >= 15 is 0 Å². The summed E-state index contributed by atoms with van der Waals surface area (Å²) in [6.07, 6.45) is 2.66. The van der Waals surface area contributed by atoms with Crippen molar-refractivity contribution in [2.75, 3.05) is 20.1 Å². The lowest BCUT2D eigenvalue weighted by Crippen LogP contribution is -2.30. The van der Waals surface area contributed by atoms with Crippen LogP contribution in [-0.4, -0.2) is 36.1 Å². The maximum atomic E-state index is 11.1. The number of rotatable bonds is 6. The third-order valence-electron chi connectivity index (χ3n) is 3.44. The molecule has 1 fully saturated rings. The SMILES string of the molecule is CN(CCNC1CC1)Cc1ccc2oc(=O)[nH]c2c1. The number of aromatic nitrogens is 1. The van der Waals surface area contributed by atoms with E-state index in [1.54, 1.807) is 0 Å². The van der Waals surface area contributed by atoms with Crippen molar-refractivity contribution in [2.24, 2.45) is 0 Å². The molecule has 19 heavy (non-hydrogen) atoms. The van der Waals surface area contributed by atoms with Crippen molar-refractivity contribution in [1.82, 2.24) is 15.2 Å². The van der Waals surface area contributed by atoms with Crippen LogP contribution in [-0.2, 0) is 6.54 Å². The second kappa shape index (κ2) is 5.19. The van der Waals surface area contributed by atoms with Gasteiger partial charge < -0.3 is 14.6 Å². The van der Waals surface area contributed by atoms with Crippen molar-refractivity contribution in [3.8, 4) is 0 Å². The van der Waals surface area contributed by atoms with Crippen LogP contribution in [0.1, 0.15) is 18.4 Å². The summed E-state index contributed by atoms with van der Waals surface area (Å²) in [7, 11) is 2.11. The fourth-order valence-electron chi connectivity index (χ4n) is 2.24. The largest absolute Gasteiger partial charge is 0.417 e. The number of likely N-dealkylation sites (N-methyl/N-ethyl adjacent to an activating group) is 1. The lowest BCUT2D eigenvalue weighted by atomic mass is 10.2. The molecule has 0 aliphatic heterocycles. The second-order valence-electron chi connectivity index (χ2n) is 5.31. The van der Waals surface area contributed by atoms with E-state index in [0.717, 1.165) is 31.2 Å². The molecule has 1 aliphatic rings. The first kappa shape index (κ1) is 12.4. The van der Waals surface area contributed by atoms with Crippen LogP contribution in [0.3, 0.4) is 0 Å². The molecule has 0 saturated heterocycles. The van der Waals surface area contributed by atoms with Crippen LogP contribution in [0.15, 0.2) is 27.4 Å². The third kappa shape index (κ3) is 3.24. The molecular formula is C14H19N3O2. The number of aromatic amines is 1. The van der Waals surface area contributed by atoms with E-state index in [4.69, 9.17) is 4.42 Å². The van der Waals surface area contributed by atoms with E-state index in [-0.39, 0.29) is 0 Å². The van der Waals surface area contributed by atoms with Gasteiger partial charge in [-0.25, -0.2) is 4.79 Å². The highest BCUT2D eigenvalue weighted by molar-refractivity contribution is 5.72. The quantitative estimate of drug-likeness (QED) is 0.823. The maximum Gasteiger partial charge on any atom is 0.417 e. The van der Waals surface area contributed by atoms with E-state index in [9.17, 15) is 4.79 Å². The monoisotopic (exact) mass is 261 g/mol. The molecule has 1 heterocycles. The van der Waals surface area contributed by atoms with Gasteiger partial charge in [-0.05, 0) is 37.6 Å². The summed E-state index contributed by atoms with van der Waals surface area (Å²) >= 11 is 0. The average Bonchev–Trinajstić information content (AvgIpc) is 3.09. The Kier molecular flexibility index (Phi) is 3.40. The van der Waals surface area contributed by atoms with Crippen LogP contribution < -0.4 is 11.1 Å². The molecule has 1 aromatic carbocycles. The van der Waals surface area contributed by atoms with Gasteiger partial charge in [0.1, 0.15) is 0 Å². The summed E-state index contributed by atoms with van der Waals surface area (Å²) in [5.41, 5.74) is 2.57. The molecule has 5 heteroatoms. The topological polar surface area (TPSA) is 61.3 Å². The Labute approximate surface area is 111 Å². The molecule has 0 atom stereocenters. The standard InChI is InChI=1S/C14H19N3O2/c1-17(7-6-15-11-3-4-11)9-10-2-5-13-12(8-10)16-14(18)19-13/h2,5,8,11,15H,3-4,6-7,9H2,1H3,(H,16,18). The van der Waals surface area contributed by atoms with E-state index in [2.05, 4.69) is 22.2 Å². The van der Waals surface area contributed by atoms with Crippen molar-refractivity contribution in [2.45, 2.75) is 25.4 Å². The molecular weight excluding hydrogens is 242 g/mol. The number of H-pyrrole nitrogens is 1. The minimum Gasteiger partial charge on any atom is -0.408 e. The zero-order valence-electron chi connectivity index (χ0n) is 11.1. The van der Waals surface area contributed by atoms with Gasteiger partial charge in [0.2, 0.25) is 0 Å². The van der Waals surface area contributed by atoms with Gasteiger partial charge in [-0.15, -0.1) is 0 Å². The minimum absolute atomic E-state index is 0.394. The highest BCUT2D eigenvalue weighted by Crippen LogP contribution is 2.18. The van der Waals surface area contributed by atoms with Gasteiger partial charge in [-0.2, -0.15) is 0 Å². The smallest absolute Gasteiger partial charge is 0.408 e. The lowest BCUT2D eigenvalue weighted by molar-refractivity contribution is 0.324. The molecule has 3 rings (SSSR count). The summed E-state index contributed by atoms with van der Waals surface area (Å²) in [4.78, 5) is 16.1. The van der Waals surface area contributed by atoms with Gasteiger partial charge in [0.15, 0.2) is 5.58 Å². The number of oxazole rings is 1.